The molecule has 21 heavy (non-hydrogen) atoms. The predicted octanol–water partition coefficient (Wildman–Crippen LogP) is 3.57. The molecule has 0 unspecified atom stereocenters. The van der Waals surface area contributed by atoms with E-state index in [0.717, 1.165) is 11.1 Å². The molecule has 5 heteroatoms. The highest BCUT2D eigenvalue weighted by Crippen LogP contribution is 2.24. The van der Waals surface area contributed by atoms with Gasteiger partial charge in [0.15, 0.2) is 0 Å². The molecule has 0 aliphatic carbocycles. The Kier molecular flexibility index (Phi) is 4.65. The summed E-state index contributed by atoms with van der Waals surface area (Å²) in [5.74, 6) is 0.571. The molecule has 1 aromatic carbocycles. The van der Waals surface area contributed by atoms with Gasteiger partial charge < -0.3 is 4.42 Å². The summed E-state index contributed by atoms with van der Waals surface area (Å²) < 4.78 is 33.0. The summed E-state index contributed by atoms with van der Waals surface area (Å²) in [6, 6.07) is 9.75. The minimum Gasteiger partial charge on any atom is -0.467 e. The summed E-state index contributed by atoms with van der Waals surface area (Å²) in [6.45, 7) is 5.65. The zero-order chi connectivity index (χ0) is 15.5. The van der Waals surface area contributed by atoms with E-state index in [1.165, 1.54) is 6.26 Å². The van der Waals surface area contributed by atoms with Crippen LogP contribution in [0.15, 0.2) is 63.6 Å². The molecular weight excluding hydrogens is 286 g/mol. The van der Waals surface area contributed by atoms with Gasteiger partial charge in [0, 0.05) is 0 Å². The van der Waals surface area contributed by atoms with Crippen LogP contribution in [0.4, 0.5) is 0 Å². The fourth-order valence-electron chi connectivity index (χ4n) is 1.94. The lowest BCUT2D eigenvalue weighted by atomic mass is 10.1. The summed E-state index contributed by atoms with van der Waals surface area (Å²) in [5.41, 5.74) is 1.89. The predicted molar refractivity (Wildman–Crippen MR) is 82.4 cm³/mol. The van der Waals surface area contributed by atoms with Gasteiger partial charge >= 0.3 is 0 Å². The molecule has 0 fully saturated rings. The third-order valence-corrected chi connectivity index (χ3v) is 4.78. The Bertz CT molecular complexity index is 713. The SMILES string of the molecule is C/C=C(\C)[C@H](NS(=O)(=O)c1ccc(C)cc1)c1ccco1. The Balaban J connectivity index is 2.34. The van der Waals surface area contributed by atoms with Crippen LogP contribution in [0.25, 0.3) is 0 Å². The Morgan fingerprint density at radius 3 is 2.43 bits per heavy atom. The number of furan rings is 1. The van der Waals surface area contributed by atoms with Crippen LogP contribution < -0.4 is 4.72 Å². The van der Waals surface area contributed by atoms with Crippen LogP contribution in [0, 0.1) is 6.92 Å². The lowest BCUT2D eigenvalue weighted by molar-refractivity contribution is 0.468. The van der Waals surface area contributed by atoms with Gasteiger partial charge in [0.2, 0.25) is 10.0 Å². The van der Waals surface area contributed by atoms with Crippen molar-refractivity contribution in [2.24, 2.45) is 0 Å². The highest BCUT2D eigenvalue weighted by Gasteiger charge is 2.24. The van der Waals surface area contributed by atoms with Crippen molar-refractivity contribution in [3.8, 4) is 0 Å². The van der Waals surface area contributed by atoms with Gasteiger partial charge in [-0.2, -0.15) is 4.72 Å². The Morgan fingerprint density at radius 2 is 1.90 bits per heavy atom. The van der Waals surface area contributed by atoms with Gasteiger partial charge in [-0.15, -0.1) is 0 Å². The van der Waals surface area contributed by atoms with E-state index in [1.807, 2.05) is 26.8 Å². The first-order valence-electron chi connectivity index (χ1n) is 6.69. The van der Waals surface area contributed by atoms with Crippen molar-refractivity contribution in [1.82, 2.24) is 4.72 Å². The lowest BCUT2D eigenvalue weighted by Crippen LogP contribution is -2.29. The average molecular weight is 305 g/mol. The fourth-order valence-corrected chi connectivity index (χ4v) is 3.18. The second-order valence-corrected chi connectivity index (χ2v) is 6.63. The molecule has 0 radical (unpaired) electrons. The van der Waals surface area contributed by atoms with Crippen LogP contribution >= 0.6 is 0 Å². The summed E-state index contributed by atoms with van der Waals surface area (Å²) in [4.78, 5) is 0.244. The molecular formula is C16H19NO3S. The molecule has 1 N–H and O–H groups in total. The van der Waals surface area contributed by atoms with Gasteiger partial charge in [-0.3, -0.25) is 0 Å². The standard InChI is InChI=1S/C16H19NO3S/c1-4-13(3)16(15-6-5-11-20-15)17-21(18,19)14-9-7-12(2)8-10-14/h4-11,16-17H,1-3H3/b13-4+/t16-/m0/s1. The van der Waals surface area contributed by atoms with E-state index in [0.29, 0.717) is 5.76 Å². The number of rotatable bonds is 5. The maximum absolute atomic E-state index is 12.5. The zero-order valence-corrected chi connectivity index (χ0v) is 13.1. The van der Waals surface area contributed by atoms with E-state index < -0.39 is 16.1 Å². The zero-order valence-electron chi connectivity index (χ0n) is 12.3. The van der Waals surface area contributed by atoms with Gasteiger partial charge in [0.25, 0.3) is 0 Å². The van der Waals surface area contributed by atoms with Crippen LogP contribution in [0.5, 0.6) is 0 Å². The number of allylic oxidation sites excluding steroid dienone is 1. The minimum atomic E-state index is -3.61. The molecule has 0 aliphatic rings. The van der Waals surface area contributed by atoms with Crippen molar-refractivity contribution in [2.45, 2.75) is 31.7 Å². The maximum atomic E-state index is 12.5. The molecule has 1 heterocycles. The largest absolute Gasteiger partial charge is 0.467 e. The van der Waals surface area contributed by atoms with E-state index in [1.54, 1.807) is 36.4 Å². The molecule has 2 aromatic rings. The van der Waals surface area contributed by atoms with Crippen LogP contribution in [0.1, 0.15) is 31.2 Å². The number of hydrogen-bond donors (Lipinski definition) is 1. The third kappa shape index (κ3) is 3.62. The van der Waals surface area contributed by atoms with Crippen molar-refractivity contribution < 1.29 is 12.8 Å². The van der Waals surface area contributed by atoms with E-state index in [4.69, 9.17) is 4.42 Å². The Hall–Kier alpha value is -1.85. The Labute approximate surface area is 125 Å². The highest BCUT2D eigenvalue weighted by molar-refractivity contribution is 7.89. The molecule has 0 saturated carbocycles. The van der Waals surface area contributed by atoms with Crippen molar-refractivity contribution in [3.63, 3.8) is 0 Å². The molecule has 0 bridgehead atoms. The molecule has 112 valence electrons. The third-order valence-electron chi connectivity index (χ3n) is 3.34. The normalized spacial score (nSPS) is 14.1. The van der Waals surface area contributed by atoms with Crippen LogP contribution in [-0.2, 0) is 10.0 Å². The summed E-state index contributed by atoms with van der Waals surface area (Å²) in [7, 11) is -3.61. The van der Waals surface area contributed by atoms with E-state index >= 15 is 0 Å². The van der Waals surface area contributed by atoms with Crippen molar-refractivity contribution in [2.75, 3.05) is 0 Å². The number of sulfonamides is 1. The first-order chi connectivity index (χ1) is 9.94. The molecule has 0 amide bonds. The van der Waals surface area contributed by atoms with E-state index in [-0.39, 0.29) is 4.90 Å². The number of nitrogens with one attached hydrogen (secondary N) is 1. The second kappa shape index (κ2) is 6.28. The highest BCUT2D eigenvalue weighted by atomic mass is 32.2. The summed E-state index contributed by atoms with van der Waals surface area (Å²) >= 11 is 0. The van der Waals surface area contributed by atoms with E-state index in [9.17, 15) is 8.42 Å². The molecule has 0 spiro atoms. The van der Waals surface area contributed by atoms with Gasteiger partial charge in [0.1, 0.15) is 11.8 Å². The Morgan fingerprint density at radius 1 is 1.24 bits per heavy atom. The molecule has 4 nitrogen and oxygen atoms in total. The monoisotopic (exact) mass is 305 g/mol. The summed E-state index contributed by atoms with van der Waals surface area (Å²) in [5, 5.41) is 0. The van der Waals surface area contributed by atoms with Crippen LogP contribution in [0.2, 0.25) is 0 Å². The quantitative estimate of drug-likeness (QED) is 0.859. The smallest absolute Gasteiger partial charge is 0.241 e. The van der Waals surface area contributed by atoms with Gasteiger partial charge in [-0.1, -0.05) is 29.3 Å². The molecule has 0 saturated heterocycles. The summed E-state index contributed by atoms with van der Waals surface area (Å²) in [6.07, 6.45) is 3.40. The van der Waals surface area contributed by atoms with Crippen molar-refractivity contribution >= 4 is 10.0 Å². The molecule has 0 aliphatic heterocycles. The van der Waals surface area contributed by atoms with Gasteiger partial charge in [-0.05, 0) is 45.0 Å². The molecule has 1 aromatic heterocycles. The first kappa shape index (κ1) is 15.5. The van der Waals surface area contributed by atoms with Gasteiger partial charge in [-0.25, -0.2) is 8.42 Å². The number of hydrogen-bond acceptors (Lipinski definition) is 3. The number of benzene rings is 1. The second-order valence-electron chi connectivity index (χ2n) is 4.92. The fraction of sp³-hybridized carbons (Fsp3) is 0.250. The van der Waals surface area contributed by atoms with Gasteiger partial charge in [0.05, 0.1) is 11.2 Å². The van der Waals surface area contributed by atoms with E-state index in [2.05, 4.69) is 4.72 Å². The maximum Gasteiger partial charge on any atom is 0.241 e. The lowest BCUT2D eigenvalue weighted by Gasteiger charge is -2.17. The van der Waals surface area contributed by atoms with Crippen LogP contribution in [-0.4, -0.2) is 8.42 Å². The topological polar surface area (TPSA) is 59.3 Å². The first-order valence-corrected chi connectivity index (χ1v) is 8.17. The van der Waals surface area contributed by atoms with Crippen LogP contribution in [0.3, 0.4) is 0 Å². The van der Waals surface area contributed by atoms with Crippen molar-refractivity contribution in [3.05, 3.63) is 65.6 Å². The molecule has 2 rings (SSSR count). The average Bonchev–Trinajstić information content (AvgIpc) is 2.98. The van der Waals surface area contributed by atoms with Crippen molar-refractivity contribution in [1.29, 1.82) is 0 Å². The number of aryl methyl sites for hydroxylation is 1. The minimum absolute atomic E-state index is 0.244. The molecule has 1 atom stereocenters.